The van der Waals surface area contributed by atoms with E-state index in [1.54, 1.807) is 0 Å². The van der Waals surface area contributed by atoms with Crippen LogP contribution in [0.5, 0.6) is 0 Å². The van der Waals surface area contributed by atoms with Crippen LogP contribution in [0, 0.1) is 25.2 Å². The van der Waals surface area contributed by atoms with Gasteiger partial charge in [-0.15, -0.1) is 0 Å². The molecule has 0 aromatic carbocycles. The van der Waals surface area contributed by atoms with Crippen LogP contribution < -0.4 is 5.32 Å². The third-order valence-corrected chi connectivity index (χ3v) is 3.56. The summed E-state index contributed by atoms with van der Waals surface area (Å²) in [6.07, 6.45) is 1.77. The van der Waals surface area contributed by atoms with E-state index >= 15 is 0 Å². The largest absolute Gasteiger partial charge is 0.297 e. The van der Waals surface area contributed by atoms with Crippen molar-refractivity contribution in [3.8, 4) is 6.07 Å². The van der Waals surface area contributed by atoms with Crippen LogP contribution in [0.4, 0.5) is 0 Å². The quantitative estimate of drug-likeness (QED) is 0.857. The number of hydrogen-bond donors (Lipinski definition) is 1. The first-order valence-corrected chi connectivity index (χ1v) is 7.04. The number of aromatic nitrogens is 2. The summed E-state index contributed by atoms with van der Waals surface area (Å²) in [6.45, 7) is 13.2. The predicted molar refractivity (Wildman–Crippen MR) is 78.0 cm³/mol. The van der Waals surface area contributed by atoms with Crippen LogP contribution in [0.1, 0.15) is 51.1 Å². The summed E-state index contributed by atoms with van der Waals surface area (Å²) >= 11 is 0. The molecule has 0 spiro atoms. The minimum Gasteiger partial charge on any atom is -0.297 e. The lowest BCUT2D eigenvalue weighted by molar-refractivity contribution is 0.353. The van der Waals surface area contributed by atoms with Crippen molar-refractivity contribution in [1.82, 2.24) is 15.1 Å². The van der Waals surface area contributed by atoms with E-state index in [2.05, 4.69) is 51.1 Å². The molecule has 1 aromatic rings. The van der Waals surface area contributed by atoms with Gasteiger partial charge in [0.05, 0.1) is 11.8 Å². The molecule has 0 radical (unpaired) electrons. The van der Waals surface area contributed by atoms with Crippen molar-refractivity contribution in [3.05, 3.63) is 17.0 Å². The minimum atomic E-state index is -0.493. The molecule has 1 heterocycles. The van der Waals surface area contributed by atoms with E-state index in [4.69, 9.17) is 0 Å². The first-order valence-electron chi connectivity index (χ1n) is 7.04. The zero-order valence-electron chi connectivity index (χ0n) is 13.0. The summed E-state index contributed by atoms with van der Waals surface area (Å²) in [4.78, 5) is 0. The van der Waals surface area contributed by atoms with Gasteiger partial charge in [-0.3, -0.25) is 10.00 Å². The van der Waals surface area contributed by atoms with E-state index in [9.17, 15) is 5.26 Å². The van der Waals surface area contributed by atoms with E-state index < -0.39 is 5.54 Å². The van der Waals surface area contributed by atoms with Gasteiger partial charge in [-0.05, 0) is 53.0 Å². The van der Waals surface area contributed by atoms with Crippen LogP contribution in [0.25, 0.3) is 0 Å². The van der Waals surface area contributed by atoms with Crippen molar-refractivity contribution in [1.29, 1.82) is 5.26 Å². The standard InChI is InChI=1S/C15H26N4/c1-7-14-12(4)18-19(13(14)5)9-8-15(6,10-16)17-11(2)3/h11,17H,7-9H2,1-6H3. The second-order valence-electron chi connectivity index (χ2n) is 5.72. The summed E-state index contributed by atoms with van der Waals surface area (Å²) in [7, 11) is 0. The first kappa shape index (κ1) is 15.7. The van der Waals surface area contributed by atoms with E-state index in [0.717, 1.165) is 25.1 Å². The molecule has 0 aliphatic rings. The normalized spacial score (nSPS) is 14.4. The smallest absolute Gasteiger partial charge is 0.105 e. The maximum absolute atomic E-state index is 9.35. The topological polar surface area (TPSA) is 53.6 Å². The monoisotopic (exact) mass is 262 g/mol. The number of nitrogens with one attached hydrogen (secondary N) is 1. The molecule has 0 aliphatic heterocycles. The van der Waals surface area contributed by atoms with E-state index in [1.165, 1.54) is 11.3 Å². The number of aryl methyl sites for hydroxylation is 2. The second kappa shape index (κ2) is 6.21. The van der Waals surface area contributed by atoms with Gasteiger partial charge < -0.3 is 0 Å². The molecular weight excluding hydrogens is 236 g/mol. The van der Waals surface area contributed by atoms with E-state index in [0.29, 0.717) is 6.04 Å². The maximum Gasteiger partial charge on any atom is 0.105 e. The Hall–Kier alpha value is -1.34. The van der Waals surface area contributed by atoms with Gasteiger partial charge in [0.15, 0.2) is 0 Å². The molecule has 4 heteroatoms. The Morgan fingerprint density at radius 3 is 2.47 bits per heavy atom. The Morgan fingerprint density at radius 2 is 2.05 bits per heavy atom. The van der Waals surface area contributed by atoms with Crippen LogP contribution >= 0.6 is 0 Å². The van der Waals surface area contributed by atoms with Gasteiger partial charge in [0.1, 0.15) is 5.54 Å². The maximum atomic E-state index is 9.35. The summed E-state index contributed by atoms with van der Waals surface area (Å²) < 4.78 is 2.03. The number of hydrogen-bond acceptors (Lipinski definition) is 3. The summed E-state index contributed by atoms with van der Waals surface area (Å²) in [5, 5.41) is 17.3. The van der Waals surface area contributed by atoms with Crippen LogP contribution in [-0.4, -0.2) is 21.4 Å². The van der Waals surface area contributed by atoms with Gasteiger partial charge >= 0.3 is 0 Å². The molecular formula is C15H26N4. The molecule has 106 valence electrons. The van der Waals surface area contributed by atoms with Crippen molar-refractivity contribution >= 4 is 0 Å². The van der Waals surface area contributed by atoms with Crippen molar-refractivity contribution in [2.24, 2.45) is 0 Å². The molecule has 1 rings (SSSR count). The average Bonchev–Trinajstić information content (AvgIpc) is 2.60. The van der Waals surface area contributed by atoms with E-state index in [1.807, 2.05) is 11.6 Å². The number of nitriles is 1. The first-order chi connectivity index (χ1) is 8.83. The van der Waals surface area contributed by atoms with Crippen LogP contribution in [-0.2, 0) is 13.0 Å². The molecule has 19 heavy (non-hydrogen) atoms. The third kappa shape index (κ3) is 3.81. The van der Waals surface area contributed by atoms with Gasteiger partial charge in [-0.1, -0.05) is 6.92 Å². The van der Waals surface area contributed by atoms with Crippen molar-refractivity contribution < 1.29 is 0 Å². The van der Waals surface area contributed by atoms with E-state index in [-0.39, 0.29) is 0 Å². The van der Waals surface area contributed by atoms with Crippen LogP contribution in [0.2, 0.25) is 0 Å². The Labute approximate surface area is 116 Å². The van der Waals surface area contributed by atoms with Gasteiger partial charge in [0, 0.05) is 18.3 Å². The molecule has 0 bridgehead atoms. The zero-order chi connectivity index (χ0) is 14.6. The molecule has 1 aromatic heterocycles. The van der Waals surface area contributed by atoms with Crippen LogP contribution in [0.15, 0.2) is 0 Å². The van der Waals surface area contributed by atoms with Gasteiger partial charge in [0.25, 0.3) is 0 Å². The highest BCUT2D eigenvalue weighted by atomic mass is 15.3. The van der Waals surface area contributed by atoms with Gasteiger partial charge in [-0.2, -0.15) is 10.4 Å². The molecule has 0 fully saturated rings. The van der Waals surface area contributed by atoms with Gasteiger partial charge in [0.2, 0.25) is 0 Å². The highest BCUT2D eigenvalue weighted by Gasteiger charge is 2.24. The number of rotatable bonds is 6. The molecule has 4 nitrogen and oxygen atoms in total. The van der Waals surface area contributed by atoms with Crippen molar-refractivity contribution in [2.75, 3.05) is 0 Å². The SMILES string of the molecule is CCc1c(C)nn(CCC(C)(C#N)NC(C)C)c1C. The average molecular weight is 262 g/mol. The molecule has 1 atom stereocenters. The Balaban J connectivity index is 2.79. The lowest BCUT2D eigenvalue weighted by atomic mass is 9.99. The fraction of sp³-hybridized carbons (Fsp3) is 0.733. The molecule has 0 amide bonds. The molecule has 1 N–H and O–H groups in total. The van der Waals surface area contributed by atoms with Crippen molar-refractivity contribution in [3.63, 3.8) is 0 Å². The van der Waals surface area contributed by atoms with Crippen LogP contribution in [0.3, 0.4) is 0 Å². The third-order valence-electron chi connectivity index (χ3n) is 3.56. The zero-order valence-corrected chi connectivity index (χ0v) is 13.0. The fourth-order valence-corrected chi connectivity index (χ4v) is 2.59. The Kier molecular flexibility index (Phi) is 5.13. The predicted octanol–water partition coefficient (Wildman–Crippen LogP) is 2.73. The molecule has 1 unspecified atom stereocenters. The Bertz CT molecular complexity index is 467. The van der Waals surface area contributed by atoms with Crippen molar-refractivity contribution in [2.45, 2.75) is 72.5 Å². The minimum absolute atomic E-state index is 0.302. The summed E-state index contributed by atoms with van der Waals surface area (Å²) in [5.41, 5.74) is 3.17. The number of nitrogens with zero attached hydrogens (tertiary/aromatic N) is 3. The highest BCUT2D eigenvalue weighted by Crippen LogP contribution is 2.17. The highest BCUT2D eigenvalue weighted by molar-refractivity contribution is 5.24. The lowest BCUT2D eigenvalue weighted by Gasteiger charge is -2.26. The van der Waals surface area contributed by atoms with Gasteiger partial charge in [-0.25, -0.2) is 0 Å². The molecule has 0 saturated carbocycles. The second-order valence-corrected chi connectivity index (χ2v) is 5.72. The Morgan fingerprint density at radius 1 is 1.42 bits per heavy atom. The lowest BCUT2D eigenvalue weighted by Crippen LogP contribution is -2.45. The molecule has 0 aliphatic carbocycles. The summed E-state index contributed by atoms with van der Waals surface area (Å²) in [6, 6.07) is 2.68. The fourth-order valence-electron chi connectivity index (χ4n) is 2.59. The molecule has 0 saturated heterocycles. The summed E-state index contributed by atoms with van der Waals surface area (Å²) in [5.74, 6) is 0.